The zero-order valence-electron chi connectivity index (χ0n) is 20.1. The lowest BCUT2D eigenvalue weighted by Crippen LogP contribution is -2.34. The number of carbonyl (C=O) groups excluding carboxylic acids is 1. The van der Waals surface area contributed by atoms with Gasteiger partial charge in [-0.3, -0.25) is 4.79 Å². The molecule has 2 heteroatoms. The monoisotopic (exact) mass is 415 g/mol. The number of nitrogens with one attached hydrogen (secondary N) is 1. The van der Waals surface area contributed by atoms with E-state index in [0.29, 0.717) is 6.54 Å². The summed E-state index contributed by atoms with van der Waals surface area (Å²) < 4.78 is 0. The predicted octanol–water partition coefficient (Wildman–Crippen LogP) is 6.57. The highest BCUT2D eigenvalue weighted by atomic mass is 16.1. The van der Waals surface area contributed by atoms with Crippen LogP contribution in [0, 0.1) is 6.92 Å². The maximum Gasteiger partial charge on any atom is 0.243 e. The van der Waals surface area contributed by atoms with Crippen molar-refractivity contribution in [3.8, 4) is 0 Å². The van der Waals surface area contributed by atoms with Crippen molar-refractivity contribution < 1.29 is 4.79 Å². The first-order chi connectivity index (χ1) is 14.6. The Bertz CT molecular complexity index is 1040. The maximum absolute atomic E-state index is 12.0. The zero-order chi connectivity index (χ0) is 22.4. The molecular formula is C29H37NO. The third-order valence-electron chi connectivity index (χ3n) is 7.70. The number of hydrogen-bond donors (Lipinski definition) is 1. The summed E-state index contributed by atoms with van der Waals surface area (Å²) in [6.07, 6.45) is 8.47. The van der Waals surface area contributed by atoms with E-state index >= 15 is 0 Å². The summed E-state index contributed by atoms with van der Waals surface area (Å²) in [5.74, 6) is -0.0314. The molecule has 2 aromatic carbocycles. The summed E-state index contributed by atoms with van der Waals surface area (Å²) in [6, 6.07) is 13.6. The summed E-state index contributed by atoms with van der Waals surface area (Å²) in [5.41, 5.74) is 8.98. The minimum Gasteiger partial charge on any atom is -0.353 e. The molecule has 0 bridgehead atoms. The van der Waals surface area contributed by atoms with Gasteiger partial charge < -0.3 is 5.32 Å². The molecule has 0 heterocycles. The van der Waals surface area contributed by atoms with Crippen LogP contribution in [0.5, 0.6) is 0 Å². The van der Waals surface area contributed by atoms with Gasteiger partial charge in [0.1, 0.15) is 0 Å². The predicted molar refractivity (Wildman–Crippen MR) is 131 cm³/mol. The minimum absolute atomic E-state index is 0.0314. The molecule has 164 valence electrons. The minimum atomic E-state index is -0.0314. The molecular weight excluding hydrogens is 378 g/mol. The van der Waals surface area contributed by atoms with E-state index in [1.807, 2.05) is 13.0 Å². The Morgan fingerprint density at radius 2 is 1.52 bits per heavy atom. The van der Waals surface area contributed by atoms with Gasteiger partial charge >= 0.3 is 0 Å². The van der Waals surface area contributed by atoms with Crippen LogP contribution in [0.25, 0.3) is 6.08 Å². The number of likely N-dealkylation sites (N-methyl/N-ethyl adjacent to an activating group) is 1. The largest absolute Gasteiger partial charge is 0.353 e. The van der Waals surface area contributed by atoms with E-state index in [-0.39, 0.29) is 22.2 Å². The lowest BCUT2D eigenvalue weighted by molar-refractivity contribution is -0.116. The Morgan fingerprint density at radius 3 is 2.13 bits per heavy atom. The first-order valence-corrected chi connectivity index (χ1v) is 11.8. The Labute approximate surface area is 188 Å². The van der Waals surface area contributed by atoms with Gasteiger partial charge in [-0.15, -0.1) is 0 Å². The van der Waals surface area contributed by atoms with Gasteiger partial charge in [-0.05, 0) is 89.8 Å². The molecule has 2 aromatic rings. The fourth-order valence-corrected chi connectivity index (χ4v) is 5.52. The van der Waals surface area contributed by atoms with E-state index in [0.717, 1.165) is 5.56 Å². The lowest BCUT2D eigenvalue weighted by atomic mass is 9.62. The molecule has 0 unspecified atom stereocenters. The molecule has 0 aliphatic heterocycles. The lowest BCUT2D eigenvalue weighted by Gasteiger charge is -2.43. The first kappa shape index (κ1) is 21.9. The topological polar surface area (TPSA) is 29.1 Å². The van der Waals surface area contributed by atoms with Gasteiger partial charge in [0.2, 0.25) is 5.91 Å². The molecule has 0 aromatic heterocycles. The SMILES string of the molecule is CCNC(=O)/C=C/c1ccccc1C1(c2cc3c(cc2C)C(C)(C)CCC3(C)C)CC1. The summed E-state index contributed by atoms with van der Waals surface area (Å²) in [5, 5.41) is 2.86. The first-order valence-electron chi connectivity index (χ1n) is 11.8. The Morgan fingerprint density at radius 1 is 0.903 bits per heavy atom. The second-order valence-electron chi connectivity index (χ2n) is 10.9. The van der Waals surface area contributed by atoms with Crippen molar-refractivity contribution in [1.82, 2.24) is 5.32 Å². The Balaban J connectivity index is 1.81. The number of carbonyl (C=O) groups is 1. The quantitative estimate of drug-likeness (QED) is 0.550. The molecule has 2 aliphatic carbocycles. The van der Waals surface area contributed by atoms with E-state index in [1.165, 1.54) is 53.5 Å². The maximum atomic E-state index is 12.0. The molecule has 1 fully saturated rings. The molecule has 1 N–H and O–H groups in total. The number of benzene rings is 2. The molecule has 0 saturated heterocycles. The van der Waals surface area contributed by atoms with Gasteiger partial charge in [-0.2, -0.15) is 0 Å². The number of hydrogen-bond acceptors (Lipinski definition) is 1. The van der Waals surface area contributed by atoms with Gasteiger partial charge in [0.05, 0.1) is 0 Å². The number of fused-ring (bicyclic) bond motifs is 1. The highest BCUT2D eigenvalue weighted by molar-refractivity contribution is 5.92. The van der Waals surface area contributed by atoms with Crippen molar-refractivity contribution in [3.05, 3.63) is 75.9 Å². The summed E-state index contributed by atoms with van der Waals surface area (Å²) >= 11 is 0. The second-order valence-corrected chi connectivity index (χ2v) is 10.9. The highest BCUT2D eigenvalue weighted by Crippen LogP contribution is 2.57. The highest BCUT2D eigenvalue weighted by Gasteiger charge is 2.49. The van der Waals surface area contributed by atoms with E-state index in [2.05, 4.69) is 76.3 Å². The molecule has 1 saturated carbocycles. The van der Waals surface area contributed by atoms with E-state index in [9.17, 15) is 4.79 Å². The second kappa shape index (κ2) is 7.65. The van der Waals surface area contributed by atoms with Crippen LogP contribution in [0.4, 0.5) is 0 Å². The Kier molecular flexibility index (Phi) is 5.40. The third-order valence-corrected chi connectivity index (χ3v) is 7.70. The van der Waals surface area contributed by atoms with Crippen molar-refractivity contribution in [2.24, 2.45) is 0 Å². The zero-order valence-corrected chi connectivity index (χ0v) is 20.1. The summed E-state index contributed by atoms with van der Waals surface area (Å²) in [7, 11) is 0. The van der Waals surface area contributed by atoms with Crippen molar-refractivity contribution in [1.29, 1.82) is 0 Å². The van der Waals surface area contributed by atoms with E-state index in [1.54, 1.807) is 6.08 Å². The molecule has 31 heavy (non-hydrogen) atoms. The molecule has 0 radical (unpaired) electrons. The summed E-state index contributed by atoms with van der Waals surface area (Å²) in [4.78, 5) is 12.0. The van der Waals surface area contributed by atoms with Crippen LogP contribution in [0.15, 0.2) is 42.5 Å². The normalized spacial score (nSPS) is 20.3. The molecule has 1 amide bonds. The van der Waals surface area contributed by atoms with Crippen LogP contribution < -0.4 is 5.32 Å². The van der Waals surface area contributed by atoms with Gasteiger partial charge in [0, 0.05) is 18.0 Å². The Hall–Kier alpha value is -2.35. The third kappa shape index (κ3) is 3.86. The molecule has 2 nitrogen and oxygen atoms in total. The van der Waals surface area contributed by atoms with Crippen molar-refractivity contribution in [2.75, 3.05) is 6.54 Å². The molecule has 0 spiro atoms. The van der Waals surface area contributed by atoms with Crippen LogP contribution in [-0.4, -0.2) is 12.5 Å². The van der Waals surface area contributed by atoms with Crippen LogP contribution in [0.1, 0.15) is 93.7 Å². The smallest absolute Gasteiger partial charge is 0.243 e. The van der Waals surface area contributed by atoms with Gasteiger partial charge in [-0.1, -0.05) is 64.1 Å². The standard InChI is InChI=1S/C29H37NO/c1-7-30-26(31)13-12-21-10-8-9-11-22(21)29(16-17-29)23-19-25-24(18-20(23)2)27(3,4)14-15-28(25,5)6/h8-13,18-19H,7,14-17H2,1-6H3,(H,30,31)/b13-12+. The molecule has 0 atom stereocenters. The van der Waals surface area contributed by atoms with Crippen LogP contribution in [0.2, 0.25) is 0 Å². The summed E-state index contributed by atoms with van der Waals surface area (Å²) in [6.45, 7) is 14.5. The van der Waals surface area contributed by atoms with Gasteiger partial charge in [0.15, 0.2) is 0 Å². The average molecular weight is 416 g/mol. The van der Waals surface area contributed by atoms with Crippen LogP contribution in [-0.2, 0) is 21.0 Å². The van der Waals surface area contributed by atoms with Gasteiger partial charge in [0.25, 0.3) is 0 Å². The van der Waals surface area contributed by atoms with E-state index < -0.39 is 0 Å². The van der Waals surface area contributed by atoms with Crippen molar-refractivity contribution in [2.45, 2.75) is 83.5 Å². The number of rotatable bonds is 5. The van der Waals surface area contributed by atoms with Crippen molar-refractivity contribution in [3.63, 3.8) is 0 Å². The fraction of sp³-hybridized carbons (Fsp3) is 0.483. The van der Waals surface area contributed by atoms with Gasteiger partial charge in [-0.25, -0.2) is 0 Å². The van der Waals surface area contributed by atoms with Crippen molar-refractivity contribution >= 4 is 12.0 Å². The van der Waals surface area contributed by atoms with Crippen LogP contribution in [0.3, 0.4) is 0 Å². The fourth-order valence-electron chi connectivity index (χ4n) is 5.52. The average Bonchev–Trinajstić information content (AvgIpc) is 3.52. The number of aryl methyl sites for hydroxylation is 1. The van der Waals surface area contributed by atoms with Crippen LogP contribution >= 0.6 is 0 Å². The van der Waals surface area contributed by atoms with E-state index in [4.69, 9.17) is 0 Å². The molecule has 2 aliphatic rings. The number of amides is 1. The molecule has 4 rings (SSSR count).